The average Bonchev–Trinajstić information content (AvgIpc) is 3.12. The minimum atomic E-state index is -1.05. The Kier molecular flexibility index (Phi) is 5.79. The first kappa shape index (κ1) is 17.5. The lowest BCUT2D eigenvalue weighted by atomic mass is 10.1. The molecule has 3 N–H and O–H groups in total. The third kappa shape index (κ3) is 5.07. The molecule has 0 saturated heterocycles. The molecule has 0 aromatic carbocycles. The molecule has 0 saturated carbocycles. The number of aliphatic hydroxyl groups is 1. The van der Waals surface area contributed by atoms with E-state index in [1.807, 2.05) is 42.1 Å². The second-order valence-electron chi connectivity index (χ2n) is 5.86. The second kappa shape index (κ2) is 7.61. The van der Waals surface area contributed by atoms with Gasteiger partial charge in [-0.15, -0.1) is 11.3 Å². The first-order valence-corrected chi connectivity index (χ1v) is 8.55. The van der Waals surface area contributed by atoms with Crippen molar-refractivity contribution in [2.75, 3.05) is 13.1 Å². The van der Waals surface area contributed by atoms with Crippen molar-refractivity contribution in [1.29, 1.82) is 0 Å². The van der Waals surface area contributed by atoms with E-state index in [0.717, 1.165) is 29.2 Å². The molecule has 2 amide bonds. The number of urea groups is 1. The van der Waals surface area contributed by atoms with Crippen LogP contribution in [0.3, 0.4) is 0 Å². The van der Waals surface area contributed by atoms with Gasteiger partial charge in [0.2, 0.25) is 0 Å². The maximum Gasteiger partial charge on any atom is 0.314 e. The van der Waals surface area contributed by atoms with Gasteiger partial charge in [0, 0.05) is 23.7 Å². The summed E-state index contributed by atoms with van der Waals surface area (Å²) in [6, 6.07) is 5.51. The monoisotopic (exact) mass is 336 g/mol. The Morgan fingerprint density at radius 2 is 2.22 bits per heavy atom. The molecule has 2 aromatic rings. The fourth-order valence-corrected chi connectivity index (χ4v) is 3.11. The van der Waals surface area contributed by atoms with Crippen molar-refractivity contribution in [2.24, 2.45) is 0 Å². The summed E-state index contributed by atoms with van der Waals surface area (Å²) in [5.41, 5.74) is 1.08. The predicted molar refractivity (Wildman–Crippen MR) is 91.6 cm³/mol. The SMILES string of the molecule is Cc1cc(C)n(CCCNC(=O)NCC(C)(O)c2cccs2)n1. The summed E-state index contributed by atoms with van der Waals surface area (Å²) in [5, 5.41) is 22.1. The number of carbonyl (C=O) groups is 1. The van der Waals surface area contributed by atoms with Gasteiger partial charge in [-0.3, -0.25) is 4.68 Å². The maximum atomic E-state index is 11.8. The molecular formula is C16H24N4O2S. The highest BCUT2D eigenvalue weighted by molar-refractivity contribution is 7.10. The van der Waals surface area contributed by atoms with E-state index in [9.17, 15) is 9.90 Å². The molecule has 23 heavy (non-hydrogen) atoms. The lowest BCUT2D eigenvalue weighted by Gasteiger charge is -2.22. The maximum absolute atomic E-state index is 11.8. The molecule has 1 unspecified atom stereocenters. The Morgan fingerprint density at radius 1 is 1.43 bits per heavy atom. The van der Waals surface area contributed by atoms with Gasteiger partial charge in [-0.05, 0) is 44.7 Å². The smallest absolute Gasteiger partial charge is 0.314 e. The van der Waals surface area contributed by atoms with Gasteiger partial charge in [-0.1, -0.05) is 6.07 Å². The minimum absolute atomic E-state index is 0.177. The largest absolute Gasteiger partial charge is 0.383 e. The van der Waals surface area contributed by atoms with E-state index in [4.69, 9.17) is 0 Å². The first-order chi connectivity index (χ1) is 10.9. The molecule has 1 atom stereocenters. The van der Waals surface area contributed by atoms with Crippen LogP contribution in [-0.4, -0.2) is 34.0 Å². The molecule has 0 spiro atoms. The lowest BCUT2D eigenvalue weighted by molar-refractivity contribution is 0.0631. The van der Waals surface area contributed by atoms with Gasteiger partial charge < -0.3 is 15.7 Å². The summed E-state index contributed by atoms with van der Waals surface area (Å²) in [7, 11) is 0. The molecule has 0 aliphatic rings. The van der Waals surface area contributed by atoms with Gasteiger partial charge in [0.1, 0.15) is 5.60 Å². The normalized spacial score (nSPS) is 13.6. The van der Waals surface area contributed by atoms with E-state index >= 15 is 0 Å². The van der Waals surface area contributed by atoms with Crippen molar-refractivity contribution in [3.05, 3.63) is 39.8 Å². The molecule has 126 valence electrons. The van der Waals surface area contributed by atoms with Crippen LogP contribution in [0.4, 0.5) is 4.79 Å². The average molecular weight is 336 g/mol. The molecule has 0 bridgehead atoms. The Morgan fingerprint density at radius 3 is 2.83 bits per heavy atom. The predicted octanol–water partition coefficient (Wildman–Crippen LogP) is 2.16. The molecule has 7 heteroatoms. The second-order valence-corrected chi connectivity index (χ2v) is 6.81. The minimum Gasteiger partial charge on any atom is -0.383 e. The Bertz CT molecular complexity index is 635. The summed E-state index contributed by atoms with van der Waals surface area (Å²) >= 11 is 1.47. The first-order valence-electron chi connectivity index (χ1n) is 7.67. The van der Waals surface area contributed by atoms with Crippen molar-refractivity contribution in [3.63, 3.8) is 0 Å². The highest BCUT2D eigenvalue weighted by Gasteiger charge is 2.24. The Labute approximate surface area is 140 Å². The van der Waals surface area contributed by atoms with Crippen LogP contribution in [-0.2, 0) is 12.1 Å². The number of carbonyl (C=O) groups excluding carboxylic acids is 1. The number of thiophene rings is 1. The van der Waals surface area contributed by atoms with Crippen molar-refractivity contribution < 1.29 is 9.90 Å². The summed E-state index contributed by atoms with van der Waals surface area (Å²) in [6.45, 7) is 7.19. The van der Waals surface area contributed by atoms with Gasteiger partial charge in [-0.25, -0.2) is 4.79 Å². The van der Waals surface area contributed by atoms with Crippen molar-refractivity contribution in [3.8, 4) is 0 Å². The number of hydrogen-bond donors (Lipinski definition) is 3. The van der Waals surface area contributed by atoms with Gasteiger partial charge in [0.15, 0.2) is 0 Å². The van der Waals surface area contributed by atoms with Crippen LogP contribution in [0.5, 0.6) is 0 Å². The highest BCUT2D eigenvalue weighted by atomic mass is 32.1. The highest BCUT2D eigenvalue weighted by Crippen LogP contribution is 2.24. The number of hydrogen-bond acceptors (Lipinski definition) is 4. The number of aryl methyl sites for hydroxylation is 3. The van der Waals surface area contributed by atoms with Crippen LogP contribution >= 0.6 is 11.3 Å². The zero-order valence-corrected chi connectivity index (χ0v) is 14.6. The third-order valence-electron chi connectivity index (χ3n) is 3.58. The van der Waals surface area contributed by atoms with Gasteiger partial charge >= 0.3 is 6.03 Å². The summed E-state index contributed by atoms with van der Waals surface area (Å²) in [6.07, 6.45) is 0.802. The van der Waals surface area contributed by atoms with Crippen LogP contribution < -0.4 is 10.6 Å². The Hall–Kier alpha value is -1.86. The lowest BCUT2D eigenvalue weighted by Crippen LogP contribution is -2.43. The fourth-order valence-electron chi connectivity index (χ4n) is 2.32. The van der Waals surface area contributed by atoms with E-state index in [0.29, 0.717) is 6.54 Å². The van der Waals surface area contributed by atoms with E-state index < -0.39 is 5.60 Å². The Balaban J connectivity index is 1.66. The van der Waals surface area contributed by atoms with Gasteiger partial charge in [0.05, 0.1) is 12.2 Å². The number of nitrogens with one attached hydrogen (secondary N) is 2. The zero-order valence-electron chi connectivity index (χ0n) is 13.8. The fraction of sp³-hybridized carbons (Fsp3) is 0.500. The van der Waals surface area contributed by atoms with Crippen LogP contribution in [0.15, 0.2) is 23.6 Å². The molecule has 6 nitrogen and oxygen atoms in total. The van der Waals surface area contributed by atoms with Crippen molar-refractivity contribution in [1.82, 2.24) is 20.4 Å². The molecule has 2 rings (SSSR count). The molecule has 2 heterocycles. The van der Waals surface area contributed by atoms with E-state index in [1.54, 1.807) is 6.92 Å². The molecular weight excluding hydrogens is 312 g/mol. The van der Waals surface area contributed by atoms with E-state index in [-0.39, 0.29) is 12.6 Å². The number of amides is 2. The molecule has 0 fully saturated rings. The molecule has 0 aliphatic heterocycles. The quantitative estimate of drug-likeness (QED) is 0.678. The standard InChI is InChI=1S/C16H24N4O2S/c1-12-10-13(2)20(19-12)8-5-7-17-15(21)18-11-16(3,22)14-6-4-9-23-14/h4,6,9-10,22H,5,7-8,11H2,1-3H3,(H2,17,18,21). The molecule has 2 aromatic heterocycles. The van der Waals surface area contributed by atoms with Crippen LogP contribution in [0.2, 0.25) is 0 Å². The van der Waals surface area contributed by atoms with Crippen LogP contribution in [0.1, 0.15) is 29.6 Å². The number of rotatable bonds is 7. The zero-order chi connectivity index (χ0) is 16.9. The van der Waals surface area contributed by atoms with Gasteiger partial charge in [0.25, 0.3) is 0 Å². The summed E-state index contributed by atoms with van der Waals surface area (Å²) < 4.78 is 1.94. The topological polar surface area (TPSA) is 79.2 Å². The third-order valence-corrected chi connectivity index (χ3v) is 4.70. The molecule has 0 aliphatic carbocycles. The van der Waals surface area contributed by atoms with E-state index in [2.05, 4.69) is 15.7 Å². The number of aromatic nitrogens is 2. The van der Waals surface area contributed by atoms with E-state index in [1.165, 1.54) is 11.3 Å². The van der Waals surface area contributed by atoms with Gasteiger partial charge in [-0.2, -0.15) is 5.10 Å². The molecule has 0 radical (unpaired) electrons. The van der Waals surface area contributed by atoms with Crippen molar-refractivity contribution in [2.45, 2.75) is 39.3 Å². The number of nitrogens with zero attached hydrogens (tertiary/aromatic N) is 2. The van der Waals surface area contributed by atoms with Crippen LogP contribution in [0, 0.1) is 13.8 Å². The van der Waals surface area contributed by atoms with Crippen LogP contribution in [0.25, 0.3) is 0 Å². The van der Waals surface area contributed by atoms with Crippen molar-refractivity contribution >= 4 is 17.4 Å². The summed E-state index contributed by atoms with van der Waals surface area (Å²) in [4.78, 5) is 12.6. The summed E-state index contributed by atoms with van der Waals surface area (Å²) in [5.74, 6) is 0.